The van der Waals surface area contributed by atoms with Crippen LogP contribution in [0.15, 0.2) is 24.3 Å². The summed E-state index contributed by atoms with van der Waals surface area (Å²) >= 11 is 0. The third-order valence-corrected chi connectivity index (χ3v) is 7.57. The molecule has 3 heterocycles. The van der Waals surface area contributed by atoms with E-state index < -0.39 is 35.7 Å². The van der Waals surface area contributed by atoms with Gasteiger partial charge in [-0.05, 0) is 61.6 Å². The molecule has 1 saturated carbocycles. The first-order valence-corrected chi connectivity index (χ1v) is 12.4. The van der Waals surface area contributed by atoms with Gasteiger partial charge in [0.05, 0.1) is 5.69 Å². The van der Waals surface area contributed by atoms with Crippen molar-refractivity contribution in [2.75, 3.05) is 38.2 Å². The van der Waals surface area contributed by atoms with E-state index in [1.807, 2.05) is 0 Å². The van der Waals surface area contributed by atoms with E-state index in [4.69, 9.17) is 4.74 Å². The van der Waals surface area contributed by atoms with Crippen LogP contribution in [0.3, 0.4) is 0 Å². The molecule has 0 bridgehead atoms. The molecule has 2 aliphatic heterocycles. The van der Waals surface area contributed by atoms with Gasteiger partial charge in [-0.1, -0.05) is 0 Å². The fraction of sp³-hybridized carbons (Fsp3) is 0.600. The molecule has 0 amide bonds. The van der Waals surface area contributed by atoms with Crippen LogP contribution in [0.2, 0.25) is 0 Å². The van der Waals surface area contributed by atoms with Crippen molar-refractivity contribution in [3.63, 3.8) is 0 Å². The average Bonchev–Trinajstić information content (AvgIpc) is 3.37. The normalized spacial score (nSPS) is 25.0. The quantitative estimate of drug-likeness (QED) is 0.481. The molecule has 2 aromatic rings. The minimum absolute atomic E-state index is 0.163. The van der Waals surface area contributed by atoms with Crippen molar-refractivity contribution in [3.8, 4) is 17.0 Å². The van der Waals surface area contributed by atoms with Crippen molar-refractivity contribution in [1.82, 2.24) is 15.1 Å². The molecule has 1 aromatic carbocycles. The van der Waals surface area contributed by atoms with Gasteiger partial charge in [0.25, 0.3) is 0 Å². The highest BCUT2D eigenvalue weighted by molar-refractivity contribution is 5.64. The highest BCUT2D eigenvalue weighted by Crippen LogP contribution is 2.42. The van der Waals surface area contributed by atoms with E-state index in [1.165, 1.54) is 0 Å². The predicted octanol–water partition coefficient (Wildman–Crippen LogP) is 5.45. The zero-order valence-electron chi connectivity index (χ0n) is 20.0. The minimum Gasteiger partial charge on any atom is -0.435 e. The van der Waals surface area contributed by atoms with E-state index in [1.54, 1.807) is 0 Å². The van der Waals surface area contributed by atoms with E-state index in [-0.39, 0.29) is 17.3 Å². The van der Waals surface area contributed by atoms with Crippen molar-refractivity contribution >= 4 is 5.82 Å². The molecule has 0 radical (unpaired) electrons. The van der Waals surface area contributed by atoms with Crippen molar-refractivity contribution < 1.29 is 35.8 Å². The number of ether oxygens (including phenoxy) is 2. The first-order valence-electron chi connectivity index (χ1n) is 12.4. The first-order chi connectivity index (χ1) is 17.7. The number of anilines is 1. The number of likely N-dealkylation sites (tertiary alicyclic amines) is 1. The van der Waals surface area contributed by atoms with Crippen LogP contribution in [0.4, 0.5) is 32.2 Å². The van der Waals surface area contributed by atoms with Gasteiger partial charge < -0.3 is 19.7 Å². The Bertz CT molecular complexity index is 1080. The highest BCUT2D eigenvalue weighted by Gasteiger charge is 2.43. The predicted molar refractivity (Wildman–Crippen MR) is 123 cm³/mol. The molecule has 1 N–H and O–H groups in total. The lowest BCUT2D eigenvalue weighted by Crippen LogP contribution is -2.32. The monoisotopic (exact) mass is 530 g/mol. The van der Waals surface area contributed by atoms with E-state index in [2.05, 4.69) is 25.2 Å². The Morgan fingerprint density at radius 2 is 1.76 bits per heavy atom. The van der Waals surface area contributed by atoms with Crippen LogP contribution in [0.1, 0.15) is 31.2 Å². The summed E-state index contributed by atoms with van der Waals surface area (Å²) in [5.41, 5.74) is -1.71. The third kappa shape index (κ3) is 6.11. The van der Waals surface area contributed by atoms with Gasteiger partial charge >= 0.3 is 12.8 Å². The number of hydrogen-bond acceptors (Lipinski definition) is 6. The molecule has 0 spiro atoms. The molecule has 12 heteroatoms. The smallest absolute Gasteiger partial charge is 0.420 e. The summed E-state index contributed by atoms with van der Waals surface area (Å²) in [5, 5.41) is 10.5. The lowest BCUT2D eigenvalue weighted by atomic mass is 10.00. The van der Waals surface area contributed by atoms with Gasteiger partial charge in [-0.25, -0.2) is 4.39 Å². The fourth-order valence-corrected chi connectivity index (χ4v) is 5.88. The van der Waals surface area contributed by atoms with Gasteiger partial charge in [0.2, 0.25) is 0 Å². The molecule has 37 heavy (non-hydrogen) atoms. The van der Waals surface area contributed by atoms with E-state index in [0.717, 1.165) is 76.7 Å². The second kappa shape index (κ2) is 10.6. The summed E-state index contributed by atoms with van der Waals surface area (Å²) in [6, 6.07) is 3.31. The number of alkyl halides is 5. The molecular weight excluding hydrogens is 502 g/mol. The number of halogens is 6. The zero-order valence-corrected chi connectivity index (χ0v) is 20.0. The van der Waals surface area contributed by atoms with Crippen molar-refractivity contribution in [2.45, 2.75) is 44.5 Å². The molecule has 1 aliphatic carbocycles. The van der Waals surface area contributed by atoms with Crippen LogP contribution >= 0.6 is 0 Å². The Balaban J connectivity index is 1.26. The van der Waals surface area contributed by atoms with Crippen LogP contribution in [-0.4, -0.2) is 60.6 Å². The van der Waals surface area contributed by atoms with Gasteiger partial charge in [0.15, 0.2) is 5.82 Å². The molecule has 1 aromatic heterocycles. The third-order valence-electron chi connectivity index (χ3n) is 7.57. The maximum Gasteiger partial charge on any atom is 0.420 e. The number of hydrogen-bond donors (Lipinski definition) is 1. The Labute approximate surface area is 210 Å². The SMILES string of the molecule is Fc1cc(OC(F)F)ccc1-c1cc(C(F)(F)F)c(NC2CC3CN(CC4CCOCC4)CC3C2)nn1. The molecule has 2 unspecified atom stereocenters. The van der Waals surface area contributed by atoms with Crippen LogP contribution in [0.5, 0.6) is 5.75 Å². The van der Waals surface area contributed by atoms with Gasteiger partial charge in [-0.15, -0.1) is 10.2 Å². The summed E-state index contributed by atoms with van der Waals surface area (Å²) in [7, 11) is 0. The van der Waals surface area contributed by atoms with Crippen molar-refractivity contribution in [1.29, 1.82) is 0 Å². The minimum atomic E-state index is -4.75. The summed E-state index contributed by atoms with van der Waals surface area (Å²) in [6.45, 7) is 1.40. The molecule has 2 saturated heterocycles. The topological polar surface area (TPSA) is 59.5 Å². The molecular formula is C25H28F6N4O2. The van der Waals surface area contributed by atoms with Crippen LogP contribution in [0, 0.1) is 23.6 Å². The maximum absolute atomic E-state index is 14.5. The van der Waals surface area contributed by atoms with Crippen molar-refractivity contribution in [3.05, 3.63) is 35.6 Å². The van der Waals surface area contributed by atoms with Crippen LogP contribution < -0.4 is 10.1 Å². The summed E-state index contributed by atoms with van der Waals surface area (Å²) < 4.78 is 90.5. The number of rotatable bonds is 7. The fourth-order valence-electron chi connectivity index (χ4n) is 5.88. The van der Waals surface area contributed by atoms with Gasteiger partial charge in [0.1, 0.15) is 17.1 Å². The number of nitrogens with one attached hydrogen (secondary N) is 1. The highest BCUT2D eigenvalue weighted by atomic mass is 19.4. The molecule has 202 valence electrons. The first kappa shape index (κ1) is 26.0. The van der Waals surface area contributed by atoms with Crippen molar-refractivity contribution in [2.24, 2.45) is 17.8 Å². The Morgan fingerprint density at radius 3 is 2.38 bits per heavy atom. The number of fused-ring (bicyclic) bond motifs is 1. The van der Waals surface area contributed by atoms with Crippen LogP contribution in [-0.2, 0) is 10.9 Å². The number of benzene rings is 1. The summed E-state index contributed by atoms with van der Waals surface area (Å²) in [5.74, 6) is -0.406. The Hall–Kier alpha value is -2.60. The number of nitrogens with zero attached hydrogens (tertiary/aromatic N) is 3. The van der Waals surface area contributed by atoms with E-state index >= 15 is 0 Å². The van der Waals surface area contributed by atoms with Gasteiger partial charge in [-0.3, -0.25) is 0 Å². The summed E-state index contributed by atoms with van der Waals surface area (Å²) in [6.07, 6.45) is -1.12. The molecule has 6 nitrogen and oxygen atoms in total. The standard InChI is InChI=1S/C25H28F6N4O2/c26-21-9-18(37-24(27)28)1-2-19(21)22-10-20(25(29,30)31)23(34-33-22)32-17-7-15-12-35(13-16(15)8-17)11-14-3-5-36-6-4-14/h1-2,9-10,14-17,24H,3-8,11-13H2,(H,32,34). The molecule has 3 aliphatic rings. The molecule has 2 atom stereocenters. The lowest BCUT2D eigenvalue weighted by Gasteiger charge is -2.28. The summed E-state index contributed by atoms with van der Waals surface area (Å²) in [4.78, 5) is 2.48. The lowest BCUT2D eigenvalue weighted by molar-refractivity contribution is -0.137. The Morgan fingerprint density at radius 1 is 1.05 bits per heavy atom. The van der Waals surface area contributed by atoms with E-state index in [9.17, 15) is 26.3 Å². The maximum atomic E-state index is 14.5. The second-order valence-corrected chi connectivity index (χ2v) is 10.1. The second-order valence-electron chi connectivity index (χ2n) is 10.1. The van der Waals surface area contributed by atoms with Crippen LogP contribution in [0.25, 0.3) is 11.3 Å². The average molecular weight is 531 g/mol. The number of aromatic nitrogens is 2. The van der Waals surface area contributed by atoms with E-state index in [0.29, 0.717) is 23.8 Å². The Kier molecular flexibility index (Phi) is 7.49. The van der Waals surface area contributed by atoms with Gasteiger partial charge in [0, 0.05) is 50.5 Å². The molecule has 3 fully saturated rings. The molecule has 5 rings (SSSR count). The largest absolute Gasteiger partial charge is 0.435 e. The van der Waals surface area contributed by atoms with Gasteiger partial charge in [-0.2, -0.15) is 22.0 Å². The zero-order chi connectivity index (χ0) is 26.2.